The van der Waals surface area contributed by atoms with Gasteiger partial charge < -0.3 is 26.2 Å². The van der Waals surface area contributed by atoms with Gasteiger partial charge in [0.05, 0.1) is 17.1 Å². The van der Waals surface area contributed by atoms with Crippen molar-refractivity contribution in [2.24, 2.45) is 5.73 Å². The first-order valence-corrected chi connectivity index (χ1v) is 11.1. The molecule has 0 spiro atoms. The number of carboxylic acids is 1. The van der Waals surface area contributed by atoms with Gasteiger partial charge >= 0.3 is 5.97 Å². The molecule has 10 heteroatoms. The molecule has 2 aromatic carbocycles. The van der Waals surface area contributed by atoms with E-state index >= 15 is 0 Å². The minimum atomic E-state index is -0.822. The van der Waals surface area contributed by atoms with E-state index in [4.69, 9.17) is 21.0 Å². The molecule has 0 saturated carbocycles. The van der Waals surface area contributed by atoms with Gasteiger partial charge in [-0.15, -0.1) is 0 Å². The van der Waals surface area contributed by atoms with E-state index in [0.717, 1.165) is 5.56 Å². The maximum absolute atomic E-state index is 12.3. The largest absolute Gasteiger partial charge is 0.492 e. The zero-order valence-corrected chi connectivity index (χ0v) is 19.8. The molecule has 0 saturated heterocycles. The van der Waals surface area contributed by atoms with Crippen molar-refractivity contribution in [3.63, 3.8) is 0 Å². The number of ether oxygens (including phenoxy) is 1. The van der Waals surface area contributed by atoms with Crippen molar-refractivity contribution in [3.05, 3.63) is 58.1 Å². The van der Waals surface area contributed by atoms with Crippen LogP contribution in [0.4, 0.5) is 5.69 Å². The van der Waals surface area contributed by atoms with Crippen LogP contribution in [0.25, 0.3) is 0 Å². The van der Waals surface area contributed by atoms with Crippen LogP contribution in [-0.4, -0.2) is 35.3 Å². The third kappa shape index (κ3) is 8.93. The number of hydrogen-bond acceptors (Lipinski definition) is 5. The molecule has 0 aliphatic carbocycles. The molecule has 9 nitrogen and oxygen atoms in total. The number of carboxylic acid groups (broad SMARTS) is 1. The molecule has 0 heterocycles. The van der Waals surface area contributed by atoms with E-state index in [1.165, 1.54) is 0 Å². The molecule has 6 N–H and O–H groups in total. The van der Waals surface area contributed by atoms with Gasteiger partial charge in [0.2, 0.25) is 11.8 Å². The minimum absolute atomic E-state index is 0.0665. The summed E-state index contributed by atoms with van der Waals surface area (Å²) in [4.78, 5) is 35.0. The number of aliphatic carboxylic acids is 1. The number of amidine groups is 1. The number of unbranched alkanes of at least 4 members (excludes halogenated alkanes) is 1. The Morgan fingerprint density at radius 2 is 1.82 bits per heavy atom. The first kappa shape index (κ1) is 25.9. The third-order valence-electron chi connectivity index (χ3n) is 4.68. The molecule has 33 heavy (non-hydrogen) atoms. The van der Waals surface area contributed by atoms with Gasteiger partial charge in [-0.1, -0.05) is 6.07 Å². The zero-order chi connectivity index (χ0) is 24.4. The Labute approximate surface area is 200 Å². The molecule has 2 rings (SSSR count). The van der Waals surface area contributed by atoms with Gasteiger partial charge in [-0.3, -0.25) is 19.8 Å². The summed E-state index contributed by atoms with van der Waals surface area (Å²) in [7, 11) is 0. The second-order valence-electron chi connectivity index (χ2n) is 7.39. The number of anilines is 1. The number of benzene rings is 2. The Morgan fingerprint density at radius 1 is 1.12 bits per heavy atom. The maximum Gasteiger partial charge on any atom is 0.303 e. The Kier molecular flexibility index (Phi) is 9.86. The van der Waals surface area contributed by atoms with E-state index in [1.807, 2.05) is 19.1 Å². The van der Waals surface area contributed by atoms with Crippen molar-refractivity contribution in [2.75, 3.05) is 11.9 Å². The summed E-state index contributed by atoms with van der Waals surface area (Å²) in [6.45, 7) is 2.22. The van der Waals surface area contributed by atoms with Crippen LogP contribution in [-0.2, 0) is 14.4 Å². The Hall–Kier alpha value is -3.40. The van der Waals surface area contributed by atoms with Gasteiger partial charge in [0.15, 0.2) is 0 Å². The third-order valence-corrected chi connectivity index (χ3v) is 5.30. The molecule has 0 bridgehead atoms. The molecule has 0 fully saturated rings. The molecule has 0 radical (unpaired) electrons. The van der Waals surface area contributed by atoms with Crippen LogP contribution in [0.3, 0.4) is 0 Å². The van der Waals surface area contributed by atoms with E-state index in [0.29, 0.717) is 40.9 Å². The molecule has 1 atom stereocenters. The van der Waals surface area contributed by atoms with Crippen LogP contribution in [0.1, 0.15) is 49.8 Å². The highest BCUT2D eigenvalue weighted by atomic mass is 79.9. The second-order valence-corrected chi connectivity index (χ2v) is 8.25. The molecular formula is C23H27BrN4O5. The lowest BCUT2D eigenvalue weighted by Gasteiger charge is -2.16. The van der Waals surface area contributed by atoms with Crippen LogP contribution in [0.5, 0.6) is 5.75 Å². The first-order chi connectivity index (χ1) is 15.7. The van der Waals surface area contributed by atoms with Crippen molar-refractivity contribution in [2.45, 2.75) is 38.6 Å². The summed E-state index contributed by atoms with van der Waals surface area (Å²) < 4.78 is 6.38. The molecular weight excluding hydrogens is 492 g/mol. The van der Waals surface area contributed by atoms with Crippen LogP contribution < -0.4 is 21.1 Å². The molecule has 2 aromatic rings. The van der Waals surface area contributed by atoms with Crippen LogP contribution in [0, 0.1) is 5.41 Å². The Bertz CT molecular complexity index is 1010. The lowest BCUT2D eigenvalue weighted by Crippen LogP contribution is -2.30. The summed E-state index contributed by atoms with van der Waals surface area (Å²) in [5.74, 6) is -1.14. The van der Waals surface area contributed by atoms with Crippen molar-refractivity contribution in [1.29, 1.82) is 5.41 Å². The van der Waals surface area contributed by atoms with E-state index in [2.05, 4.69) is 26.6 Å². The average Bonchev–Trinajstić information content (AvgIpc) is 2.74. The van der Waals surface area contributed by atoms with Crippen molar-refractivity contribution < 1.29 is 24.2 Å². The highest BCUT2D eigenvalue weighted by molar-refractivity contribution is 9.10. The molecule has 1 unspecified atom stereocenters. The Morgan fingerprint density at radius 3 is 2.42 bits per heavy atom. The van der Waals surface area contributed by atoms with Crippen molar-refractivity contribution in [3.8, 4) is 5.75 Å². The predicted octanol–water partition coefficient (Wildman–Crippen LogP) is 3.57. The standard InChI is InChI=1S/C23H27BrN4O5/c1-14(16-7-10-19(18(24)12-16)33-11-3-2-4-22(31)32)27-20(29)13-21(30)28-17-8-5-15(6-9-17)23(25)26/h5-10,12,14H,2-4,11,13H2,1H3,(H3,25,26)(H,27,29)(H,28,30)(H,31,32). The number of nitrogens with two attached hydrogens (primary N) is 1. The average molecular weight is 519 g/mol. The Balaban J connectivity index is 1.81. The number of carbonyl (C=O) groups is 3. The van der Waals surface area contributed by atoms with E-state index in [-0.39, 0.29) is 24.7 Å². The molecule has 0 aromatic heterocycles. The highest BCUT2D eigenvalue weighted by Crippen LogP contribution is 2.28. The van der Waals surface area contributed by atoms with Crippen LogP contribution >= 0.6 is 15.9 Å². The smallest absolute Gasteiger partial charge is 0.303 e. The first-order valence-electron chi connectivity index (χ1n) is 10.3. The normalized spacial score (nSPS) is 11.3. The number of rotatable bonds is 12. The lowest BCUT2D eigenvalue weighted by molar-refractivity contribution is -0.137. The van der Waals surface area contributed by atoms with Gasteiger partial charge in [0, 0.05) is 17.7 Å². The molecule has 0 aliphatic heterocycles. The summed E-state index contributed by atoms with van der Waals surface area (Å²) in [6, 6.07) is 11.5. The number of nitrogen functional groups attached to an aromatic ring is 1. The minimum Gasteiger partial charge on any atom is -0.492 e. The summed E-state index contributed by atoms with van der Waals surface area (Å²) in [6.07, 6.45) is 0.962. The summed E-state index contributed by atoms with van der Waals surface area (Å²) >= 11 is 3.45. The van der Waals surface area contributed by atoms with Gasteiger partial charge in [-0.05, 0) is 77.7 Å². The monoisotopic (exact) mass is 518 g/mol. The quantitative estimate of drug-likeness (QED) is 0.125. The van der Waals surface area contributed by atoms with Gasteiger partial charge in [0.1, 0.15) is 18.0 Å². The topological polar surface area (TPSA) is 155 Å². The van der Waals surface area contributed by atoms with Crippen LogP contribution in [0.2, 0.25) is 0 Å². The SMILES string of the molecule is CC(NC(=O)CC(=O)Nc1ccc(C(=N)N)cc1)c1ccc(OCCCCC(=O)O)c(Br)c1. The molecule has 2 amide bonds. The fourth-order valence-electron chi connectivity index (χ4n) is 2.92. The number of hydrogen-bond donors (Lipinski definition) is 5. The number of halogens is 1. The van der Waals surface area contributed by atoms with Crippen LogP contribution in [0.15, 0.2) is 46.9 Å². The fraction of sp³-hybridized carbons (Fsp3) is 0.304. The van der Waals surface area contributed by atoms with E-state index in [9.17, 15) is 14.4 Å². The summed E-state index contributed by atoms with van der Waals surface area (Å²) in [5.41, 5.74) is 7.28. The number of carbonyl (C=O) groups excluding carboxylic acids is 2. The van der Waals surface area contributed by atoms with Gasteiger partial charge in [0.25, 0.3) is 0 Å². The highest BCUT2D eigenvalue weighted by Gasteiger charge is 2.15. The van der Waals surface area contributed by atoms with E-state index in [1.54, 1.807) is 30.3 Å². The summed E-state index contributed by atoms with van der Waals surface area (Å²) in [5, 5.41) is 21.4. The maximum atomic E-state index is 12.3. The zero-order valence-electron chi connectivity index (χ0n) is 18.2. The number of amides is 2. The van der Waals surface area contributed by atoms with Gasteiger partial charge in [-0.25, -0.2) is 0 Å². The lowest BCUT2D eigenvalue weighted by atomic mass is 10.1. The number of nitrogens with one attached hydrogen (secondary N) is 3. The van der Waals surface area contributed by atoms with Gasteiger partial charge in [-0.2, -0.15) is 0 Å². The van der Waals surface area contributed by atoms with Crippen molar-refractivity contribution >= 4 is 45.2 Å². The van der Waals surface area contributed by atoms with Crippen molar-refractivity contribution in [1.82, 2.24) is 5.32 Å². The van der Waals surface area contributed by atoms with E-state index < -0.39 is 17.8 Å². The second kappa shape index (κ2) is 12.6. The molecule has 0 aliphatic rings. The predicted molar refractivity (Wildman–Crippen MR) is 128 cm³/mol. The fourth-order valence-corrected chi connectivity index (χ4v) is 3.43. The molecule has 176 valence electrons.